The van der Waals surface area contributed by atoms with Gasteiger partial charge in [0.05, 0.1) is 22.8 Å². The molecule has 136 valence electrons. The molecule has 0 atom stereocenters. The molecule has 0 fully saturated rings. The van der Waals surface area contributed by atoms with Gasteiger partial charge in [0.2, 0.25) is 0 Å². The number of carbonyl (C=O) groups excluding carboxylic acids is 1. The molecular weight excluding hydrogens is 300 g/mol. The molecule has 0 aromatic carbocycles. The molecule has 24 heavy (non-hydrogen) atoms. The number of esters is 1. The number of hydrogen-bond acceptors (Lipinski definition) is 4. The minimum Gasteiger partial charge on any atom is -0.459 e. The summed E-state index contributed by atoms with van der Waals surface area (Å²) in [4.78, 5) is 20.7. The molecule has 0 aliphatic carbocycles. The second-order valence-electron chi connectivity index (χ2n) is 6.67. The van der Waals surface area contributed by atoms with Gasteiger partial charge in [-0.05, 0) is 27.2 Å². The number of aryl methyl sites for hydroxylation is 3. The zero-order valence-corrected chi connectivity index (χ0v) is 16.0. The summed E-state index contributed by atoms with van der Waals surface area (Å²) in [7, 11) is 0. The minimum atomic E-state index is -0.127. The monoisotopic (exact) mass is 334 g/mol. The molecule has 4 heteroatoms. The van der Waals surface area contributed by atoms with Gasteiger partial charge in [0.15, 0.2) is 0 Å². The van der Waals surface area contributed by atoms with Gasteiger partial charge >= 0.3 is 5.97 Å². The summed E-state index contributed by atoms with van der Waals surface area (Å²) in [5.74, 6) is -0.127. The van der Waals surface area contributed by atoms with Gasteiger partial charge in [-0.15, -0.1) is 0 Å². The van der Waals surface area contributed by atoms with Crippen LogP contribution in [0, 0.1) is 20.8 Å². The molecule has 0 amide bonds. The Bertz CT molecular complexity index is 501. The molecule has 0 aliphatic heterocycles. The van der Waals surface area contributed by atoms with Gasteiger partial charge in [0, 0.05) is 6.42 Å². The molecule has 1 aromatic rings. The van der Waals surface area contributed by atoms with Gasteiger partial charge in [-0.2, -0.15) is 0 Å². The van der Waals surface area contributed by atoms with E-state index >= 15 is 0 Å². The van der Waals surface area contributed by atoms with Crippen molar-refractivity contribution in [3.8, 4) is 0 Å². The van der Waals surface area contributed by atoms with E-state index in [2.05, 4.69) is 16.9 Å². The van der Waals surface area contributed by atoms with Crippen LogP contribution >= 0.6 is 0 Å². The Morgan fingerprint density at radius 2 is 1.33 bits per heavy atom. The van der Waals surface area contributed by atoms with Crippen LogP contribution in [0.15, 0.2) is 0 Å². The van der Waals surface area contributed by atoms with Crippen molar-refractivity contribution in [2.45, 2.75) is 98.5 Å². The fraction of sp³-hybridized carbons (Fsp3) is 0.750. The number of nitrogens with zero attached hydrogens (tertiary/aromatic N) is 2. The van der Waals surface area contributed by atoms with E-state index in [1.165, 1.54) is 44.9 Å². The van der Waals surface area contributed by atoms with E-state index < -0.39 is 0 Å². The Morgan fingerprint density at radius 1 is 0.792 bits per heavy atom. The van der Waals surface area contributed by atoms with E-state index in [1.807, 2.05) is 20.8 Å². The topological polar surface area (TPSA) is 52.1 Å². The van der Waals surface area contributed by atoms with Crippen LogP contribution in [0.2, 0.25) is 0 Å². The van der Waals surface area contributed by atoms with Crippen molar-refractivity contribution in [3.05, 3.63) is 22.8 Å². The van der Waals surface area contributed by atoms with Crippen molar-refractivity contribution < 1.29 is 9.53 Å². The molecule has 4 nitrogen and oxygen atoms in total. The summed E-state index contributed by atoms with van der Waals surface area (Å²) in [6.07, 6.45) is 11.8. The molecule has 1 rings (SSSR count). The second kappa shape index (κ2) is 12.0. The van der Waals surface area contributed by atoms with E-state index in [4.69, 9.17) is 4.74 Å². The van der Waals surface area contributed by atoms with Crippen LogP contribution in [-0.4, -0.2) is 15.9 Å². The molecule has 0 N–H and O–H groups in total. The zero-order valence-electron chi connectivity index (χ0n) is 16.0. The lowest BCUT2D eigenvalue weighted by Crippen LogP contribution is -2.09. The maximum Gasteiger partial charge on any atom is 0.306 e. The number of carbonyl (C=O) groups is 1. The highest BCUT2D eigenvalue weighted by Crippen LogP contribution is 2.12. The molecule has 1 aromatic heterocycles. The zero-order chi connectivity index (χ0) is 17.8. The van der Waals surface area contributed by atoms with Crippen LogP contribution in [0.25, 0.3) is 0 Å². The molecule has 0 aliphatic rings. The number of ether oxygens (including phenoxy) is 1. The second-order valence-corrected chi connectivity index (χ2v) is 6.67. The number of unbranched alkanes of at least 4 members (excludes halogenated alkanes) is 8. The Labute approximate surface area is 147 Å². The standard InChI is InChI=1S/C20H34N2O2/c1-5-6-7-8-9-10-11-12-13-14-20(23)24-15-19-18(4)21-16(2)17(3)22-19/h5-15H2,1-4H3. The van der Waals surface area contributed by atoms with E-state index in [-0.39, 0.29) is 12.6 Å². The maximum absolute atomic E-state index is 11.8. The maximum atomic E-state index is 11.8. The van der Waals surface area contributed by atoms with Crippen molar-refractivity contribution in [2.24, 2.45) is 0 Å². The first-order valence-corrected chi connectivity index (χ1v) is 9.51. The molecule has 0 radical (unpaired) electrons. The van der Waals surface area contributed by atoms with Crippen molar-refractivity contribution >= 4 is 5.97 Å². The highest BCUT2D eigenvalue weighted by Gasteiger charge is 2.09. The third-order valence-electron chi connectivity index (χ3n) is 4.43. The van der Waals surface area contributed by atoms with Crippen LogP contribution in [0.4, 0.5) is 0 Å². The SMILES string of the molecule is CCCCCCCCCCCC(=O)OCc1nc(C)c(C)nc1C. The van der Waals surface area contributed by atoms with Crippen LogP contribution in [0.3, 0.4) is 0 Å². The lowest BCUT2D eigenvalue weighted by molar-refractivity contribution is -0.145. The summed E-state index contributed by atoms with van der Waals surface area (Å²) in [6, 6.07) is 0. The molecule has 0 saturated heterocycles. The van der Waals surface area contributed by atoms with E-state index in [1.54, 1.807) is 0 Å². The molecule has 0 unspecified atom stereocenters. The summed E-state index contributed by atoms with van der Waals surface area (Å²) < 4.78 is 5.33. The van der Waals surface area contributed by atoms with Gasteiger partial charge < -0.3 is 4.74 Å². The van der Waals surface area contributed by atoms with Crippen molar-refractivity contribution in [1.29, 1.82) is 0 Å². The fourth-order valence-electron chi connectivity index (χ4n) is 2.70. The average Bonchev–Trinajstić information content (AvgIpc) is 2.55. The predicted molar refractivity (Wildman–Crippen MR) is 97.9 cm³/mol. The Hall–Kier alpha value is -1.45. The lowest BCUT2D eigenvalue weighted by Gasteiger charge is -2.09. The largest absolute Gasteiger partial charge is 0.459 e. The predicted octanol–water partition coefficient (Wildman–Crippen LogP) is 5.37. The number of hydrogen-bond donors (Lipinski definition) is 0. The van der Waals surface area contributed by atoms with Gasteiger partial charge in [-0.25, -0.2) is 0 Å². The van der Waals surface area contributed by atoms with Gasteiger partial charge in [-0.1, -0.05) is 58.3 Å². The highest BCUT2D eigenvalue weighted by atomic mass is 16.5. The molecule has 0 spiro atoms. The Kier molecular flexibility index (Phi) is 10.3. The number of rotatable bonds is 12. The quantitative estimate of drug-likeness (QED) is 0.381. The average molecular weight is 335 g/mol. The van der Waals surface area contributed by atoms with Crippen LogP contribution in [-0.2, 0) is 16.1 Å². The smallest absolute Gasteiger partial charge is 0.306 e. The van der Waals surface area contributed by atoms with Crippen molar-refractivity contribution in [1.82, 2.24) is 9.97 Å². The molecule has 0 saturated carbocycles. The third-order valence-corrected chi connectivity index (χ3v) is 4.43. The van der Waals surface area contributed by atoms with Crippen molar-refractivity contribution in [3.63, 3.8) is 0 Å². The van der Waals surface area contributed by atoms with E-state index in [0.717, 1.165) is 35.6 Å². The van der Waals surface area contributed by atoms with Crippen LogP contribution in [0.5, 0.6) is 0 Å². The Morgan fingerprint density at radius 3 is 1.96 bits per heavy atom. The fourth-order valence-corrected chi connectivity index (χ4v) is 2.70. The van der Waals surface area contributed by atoms with Crippen LogP contribution in [0.1, 0.15) is 93.9 Å². The first-order chi connectivity index (χ1) is 11.5. The summed E-state index contributed by atoms with van der Waals surface area (Å²) in [5.41, 5.74) is 3.43. The third kappa shape index (κ3) is 8.42. The first kappa shape index (κ1) is 20.6. The molecular formula is C20H34N2O2. The summed E-state index contributed by atoms with van der Waals surface area (Å²) in [6.45, 7) is 8.25. The lowest BCUT2D eigenvalue weighted by atomic mass is 10.1. The van der Waals surface area contributed by atoms with Gasteiger partial charge in [0.1, 0.15) is 6.61 Å². The molecule has 1 heterocycles. The van der Waals surface area contributed by atoms with Gasteiger partial charge in [-0.3, -0.25) is 14.8 Å². The minimum absolute atomic E-state index is 0.127. The highest BCUT2D eigenvalue weighted by molar-refractivity contribution is 5.69. The van der Waals surface area contributed by atoms with E-state index in [0.29, 0.717) is 6.42 Å². The van der Waals surface area contributed by atoms with E-state index in [9.17, 15) is 4.79 Å². The summed E-state index contributed by atoms with van der Waals surface area (Å²) in [5, 5.41) is 0. The Balaban J connectivity index is 2.09. The van der Waals surface area contributed by atoms with Crippen LogP contribution < -0.4 is 0 Å². The summed E-state index contributed by atoms with van der Waals surface area (Å²) >= 11 is 0. The first-order valence-electron chi connectivity index (χ1n) is 9.51. The van der Waals surface area contributed by atoms with Gasteiger partial charge in [0.25, 0.3) is 0 Å². The normalized spacial score (nSPS) is 10.8. The number of aromatic nitrogens is 2. The van der Waals surface area contributed by atoms with Crippen molar-refractivity contribution in [2.75, 3.05) is 0 Å². The molecule has 0 bridgehead atoms.